The van der Waals surface area contributed by atoms with Crippen LogP contribution in [0.3, 0.4) is 0 Å². The number of hydrogen-bond acceptors (Lipinski definition) is 6. The summed E-state index contributed by atoms with van der Waals surface area (Å²) in [5.41, 5.74) is 2.79. The van der Waals surface area contributed by atoms with E-state index in [1.54, 1.807) is 33.1 Å². The number of halogens is 4. The molecule has 1 aliphatic heterocycles. The highest BCUT2D eigenvalue weighted by Gasteiger charge is 2.37. The van der Waals surface area contributed by atoms with Gasteiger partial charge in [0.2, 0.25) is 5.91 Å². The zero-order valence-corrected chi connectivity index (χ0v) is 30.7. The van der Waals surface area contributed by atoms with Crippen LogP contribution >= 0.6 is 0 Å². The van der Waals surface area contributed by atoms with Gasteiger partial charge in [-0.3, -0.25) is 19.3 Å². The summed E-state index contributed by atoms with van der Waals surface area (Å²) >= 11 is 0. The van der Waals surface area contributed by atoms with Gasteiger partial charge in [-0.2, -0.15) is 13.2 Å². The first-order chi connectivity index (χ1) is 23.9. The van der Waals surface area contributed by atoms with E-state index in [0.29, 0.717) is 36.8 Å². The number of ether oxygens (including phenoxy) is 2. The van der Waals surface area contributed by atoms with Gasteiger partial charge >= 0.3 is 12.1 Å². The lowest BCUT2D eigenvalue weighted by Crippen LogP contribution is -2.52. The van der Waals surface area contributed by atoms with Crippen LogP contribution in [-0.2, 0) is 31.7 Å². The minimum Gasteiger partial charge on any atom is -0.466 e. The van der Waals surface area contributed by atoms with Crippen molar-refractivity contribution in [2.24, 2.45) is 5.92 Å². The summed E-state index contributed by atoms with van der Waals surface area (Å²) < 4.78 is 70.1. The van der Waals surface area contributed by atoms with Crippen molar-refractivity contribution in [1.82, 2.24) is 14.8 Å². The number of likely N-dealkylation sites (tertiary alicyclic amines) is 1. The molecule has 0 bridgehead atoms. The van der Waals surface area contributed by atoms with Gasteiger partial charge in [-0.05, 0) is 98.9 Å². The Kier molecular flexibility index (Phi) is 12.9. The molecule has 12 heteroatoms. The summed E-state index contributed by atoms with van der Waals surface area (Å²) in [4.78, 5) is 42.5. The molecule has 3 aromatic rings. The zero-order chi connectivity index (χ0) is 37.8. The number of amides is 1. The molecule has 1 unspecified atom stereocenters. The molecule has 0 saturated carbocycles. The maximum absolute atomic E-state index is 16.1. The smallest absolute Gasteiger partial charge is 0.416 e. The van der Waals surface area contributed by atoms with Crippen LogP contribution in [0.4, 0.5) is 17.6 Å². The molecule has 1 aliphatic rings. The van der Waals surface area contributed by atoms with E-state index in [2.05, 4.69) is 5.32 Å². The minimum atomic E-state index is -4.79. The van der Waals surface area contributed by atoms with Gasteiger partial charge in [-0.25, -0.2) is 4.39 Å². The summed E-state index contributed by atoms with van der Waals surface area (Å²) in [6, 6.07) is 5.45. The Labute approximate surface area is 297 Å². The SMILES string of the molecule is CCOC(=O)C[C@H](NC(=O)C(CC(C)C)n1cc(CCN2CC(OC)C2)c(C(F)(F)F)cc1=O)c1cc(-c2c(C)cc(C)cc2C)cc(C)c1F. The van der Waals surface area contributed by atoms with Crippen LogP contribution in [0, 0.1) is 39.4 Å². The molecule has 2 heterocycles. The van der Waals surface area contributed by atoms with E-state index in [1.807, 2.05) is 51.7 Å². The highest BCUT2D eigenvalue weighted by molar-refractivity contribution is 5.82. The van der Waals surface area contributed by atoms with E-state index in [1.165, 1.54) is 0 Å². The topological polar surface area (TPSA) is 89.9 Å². The highest BCUT2D eigenvalue weighted by atomic mass is 19.4. The van der Waals surface area contributed by atoms with Crippen molar-refractivity contribution < 1.29 is 36.6 Å². The second-order valence-corrected chi connectivity index (χ2v) is 14.0. The van der Waals surface area contributed by atoms with Crippen LogP contribution in [0.5, 0.6) is 0 Å². The molecule has 2 aromatic carbocycles. The quantitative estimate of drug-likeness (QED) is 0.141. The molecular weight excluding hydrogens is 666 g/mol. The number of carbonyl (C=O) groups is 2. The zero-order valence-electron chi connectivity index (χ0n) is 30.7. The fourth-order valence-electron chi connectivity index (χ4n) is 6.95. The molecule has 1 fully saturated rings. The largest absolute Gasteiger partial charge is 0.466 e. The van der Waals surface area contributed by atoms with E-state index in [9.17, 15) is 27.6 Å². The van der Waals surface area contributed by atoms with Gasteiger partial charge in [0.1, 0.15) is 11.9 Å². The molecule has 4 rings (SSSR count). The number of esters is 1. The summed E-state index contributed by atoms with van der Waals surface area (Å²) in [7, 11) is 1.58. The first-order valence-electron chi connectivity index (χ1n) is 17.3. The average Bonchev–Trinajstić information content (AvgIpc) is 3.00. The second-order valence-electron chi connectivity index (χ2n) is 14.0. The van der Waals surface area contributed by atoms with Crippen molar-refractivity contribution in [1.29, 1.82) is 0 Å². The predicted molar refractivity (Wildman–Crippen MR) is 188 cm³/mol. The Morgan fingerprint density at radius 1 is 1.00 bits per heavy atom. The molecule has 51 heavy (non-hydrogen) atoms. The van der Waals surface area contributed by atoms with Crippen molar-refractivity contribution >= 4 is 11.9 Å². The molecule has 8 nitrogen and oxygen atoms in total. The number of pyridine rings is 1. The Bertz CT molecular complexity index is 1770. The van der Waals surface area contributed by atoms with E-state index in [4.69, 9.17) is 9.47 Å². The van der Waals surface area contributed by atoms with E-state index < -0.39 is 53.5 Å². The Balaban J connectivity index is 1.78. The molecule has 1 saturated heterocycles. The summed E-state index contributed by atoms with van der Waals surface area (Å²) in [6.07, 6.45) is -3.98. The van der Waals surface area contributed by atoms with Crippen molar-refractivity contribution in [3.63, 3.8) is 0 Å². The number of hydrogen-bond donors (Lipinski definition) is 1. The molecule has 0 aliphatic carbocycles. The van der Waals surface area contributed by atoms with E-state index in [0.717, 1.165) is 33.0 Å². The number of rotatable bonds is 14. The second kappa shape index (κ2) is 16.5. The average molecular weight is 716 g/mol. The van der Waals surface area contributed by atoms with Crippen molar-refractivity contribution in [2.75, 3.05) is 33.4 Å². The lowest BCUT2D eigenvalue weighted by Gasteiger charge is -2.38. The minimum absolute atomic E-state index is 0.0117. The first kappa shape index (κ1) is 39.8. The number of carbonyl (C=O) groups excluding carboxylic acids is 2. The van der Waals surface area contributed by atoms with Gasteiger partial charge < -0.3 is 19.4 Å². The lowest BCUT2D eigenvalue weighted by molar-refractivity contribution is -0.144. The van der Waals surface area contributed by atoms with Gasteiger partial charge in [-0.15, -0.1) is 0 Å². The Morgan fingerprint density at radius 3 is 2.22 bits per heavy atom. The number of nitrogens with one attached hydrogen (secondary N) is 1. The number of methoxy groups -OCH3 is 1. The third-order valence-electron chi connectivity index (χ3n) is 9.37. The van der Waals surface area contributed by atoms with Crippen molar-refractivity contribution in [3.05, 3.63) is 91.6 Å². The maximum Gasteiger partial charge on any atom is 0.416 e. The fraction of sp³-hybridized carbons (Fsp3) is 0.513. The number of benzene rings is 2. The third-order valence-corrected chi connectivity index (χ3v) is 9.37. The van der Waals surface area contributed by atoms with Crippen LogP contribution in [0.25, 0.3) is 11.1 Å². The molecule has 2 atom stereocenters. The normalized spacial score (nSPS) is 15.1. The molecular formula is C39H49F4N3O5. The van der Waals surface area contributed by atoms with Gasteiger partial charge in [0, 0.05) is 44.6 Å². The van der Waals surface area contributed by atoms with E-state index in [-0.39, 0.29) is 42.6 Å². The van der Waals surface area contributed by atoms with Crippen molar-refractivity contribution in [2.45, 2.75) is 92.1 Å². The first-order valence-corrected chi connectivity index (χ1v) is 17.3. The summed E-state index contributed by atoms with van der Waals surface area (Å²) in [6.45, 7) is 14.3. The third kappa shape index (κ3) is 9.65. The van der Waals surface area contributed by atoms with Crippen LogP contribution in [0.15, 0.2) is 41.3 Å². The fourth-order valence-corrected chi connectivity index (χ4v) is 6.95. The molecule has 278 valence electrons. The van der Waals surface area contributed by atoms with Gasteiger partial charge in [0.15, 0.2) is 0 Å². The van der Waals surface area contributed by atoms with Crippen molar-refractivity contribution in [3.8, 4) is 11.1 Å². The standard InChI is InChI=1S/C39H49F4N3O5/c1-9-51-35(48)18-32(30-16-28(15-26(7)37(30)40)36-24(5)13-23(4)14-25(36)6)44-38(49)33(12-22(2)3)46-19-27(10-11-45-20-29(21-45)50-8)31(17-34(46)47)39(41,42)43/h13-17,19,22,29,32-33H,9-12,18,20-21H2,1-8H3,(H,44,49)/t32-,33?/m0/s1. The van der Waals surface area contributed by atoms with Crippen LogP contribution in [0.2, 0.25) is 0 Å². The van der Waals surface area contributed by atoms with Crippen LogP contribution < -0.4 is 10.9 Å². The predicted octanol–water partition coefficient (Wildman–Crippen LogP) is 7.18. The van der Waals surface area contributed by atoms with E-state index >= 15 is 4.39 Å². The highest BCUT2D eigenvalue weighted by Crippen LogP contribution is 2.35. The number of alkyl halides is 3. The van der Waals surface area contributed by atoms with Gasteiger partial charge in [-0.1, -0.05) is 31.5 Å². The van der Waals surface area contributed by atoms with Crippen LogP contribution in [-0.4, -0.2) is 60.8 Å². The Hall–Kier alpha value is -4.03. The van der Waals surface area contributed by atoms with Gasteiger partial charge in [0.05, 0.1) is 30.7 Å². The molecule has 0 radical (unpaired) electrons. The number of aryl methyl sites for hydroxylation is 4. The molecule has 1 N–H and O–H groups in total. The molecule has 1 amide bonds. The maximum atomic E-state index is 16.1. The van der Waals surface area contributed by atoms with Crippen LogP contribution in [0.1, 0.15) is 84.6 Å². The van der Waals surface area contributed by atoms with Gasteiger partial charge in [0.25, 0.3) is 5.56 Å². The number of aromatic nitrogens is 1. The Morgan fingerprint density at radius 2 is 1.65 bits per heavy atom. The number of nitrogens with zero attached hydrogens (tertiary/aromatic N) is 2. The lowest BCUT2D eigenvalue weighted by atomic mass is 9.89. The monoisotopic (exact) mass is 715 g/mol. The molecule has 1 aromatic heterocycles. The summed E-state index contributed by atoms with van der Waals surface area (Å²) in [5.74, 6) is -2.19. The summed E-state index contributed by atoms with van der Waals surface area (Å²) in [5, 5.41) is 2.80. The molecule has 0 spiro atoms.